The normalized spacial score (nSPS) is 20.7. The third-order valence-corrected chi connectivity index (χ3v) is 6.94. The van der Waals surface area contributed by atoms with E-state index in [1.807, 2.05) is 30.0 Å². The third kappa shape index (κ3) is 10.6. The van der Waals surface area contributed by atoms with Crippen LogP contribution >= 0.6 is 0 Å². The van der Waals surface area contributed by atoms with Gasteiger partial charge in [0.1, 0.15) is 5.69 Å². The Kier molecular flexibility index (Phi) is 11.3. The molecule has 0 bridgehead atoms. The van der Waals surface area contributed by atoms with Crippen LogP contribution in [0.25, 0.3) is 0 Å². The van der Waals surface area contributed by atoms with Gasteiger partial charge in [0.05, 0.1) is 6.61 Å². The molecule has 9 nitrogen and oxygen atoms in total. The van der Waals surface area contributed by atoms with Crippen molar-refractivity contribution in [2.45, 2.75) is 57.4 Å². The summed E-state index contributed by atoms with van der Waals surface area (Å²) in [5, 5.41) is 14.2. The van der Waals surface area contributed by atoms with Gasteiger partial charge in [-0.1, -0.05) is 6.07 Å². The molecule has 3 heterocycles. The molecule has 1 unspecified atom stereocenters. The molecule has 4 rings (SSSR count). The molecule has 0 aromatic carbocycles. The smallest absolute Gasteiger partial charge is 0.475 e. The van der Waals surface area contributed by atoms with Gasteiger partial charge in [0.25, 0.3) is 5.91 Å². The zero-order valence-corrected chi connectivity index (χ0v) is 22.1. The first-order chi connectivity index (χ1) is 18.4. The first-order valence-electron chi connectivity index (χ1n) is 12.5. The Morgan fingerprint density at radius 3 is 1.98 bits per heavy atom. The van der Waals surface area contributed by atoms with E-state index in [0.29, 0.717) is 17.2 Å². The summed E-state index contributed by atoms with van der Waals surface area (Å²) in [6.07, 6.45) is -4.07. The van der Waals surface area contributed by atoms with E-state index in [0.717, 1.165) is 57.3 Å². The SMILES string of the molecule is Cc1cccc(C(=O)N2CCC3(CC2)CC(COCC2CC2)N(C)C3)n1.O=C(O)C(F)(F)F.O=C(O)C(F)(F)F. The van der Waals surface area contributed by atoms with E-state index in [1.54, 1.807) is 0 Å². The van der Waals surface area contributed by atoms with Gasteiger partial charge in [-0.15, -0.1) is 0 Å². The monoisotopic (exact) mass is 585 g/mol. The van der Waals surface area contributed by atoms with Crippen LogP contribution < -0.4 is 0 Å². The van der Waals surface area contributed by atoms with Crippen LogP contribution in [0.3, 0.4) is 0 Å². The predicted molar refractivity (Wildman–Crippen MR) is 129 cm³/mol. The summed E-state index contributed by atoms with van der Waals surface area (Å²) in [6.45, 7) is 6.57. The number of carboxylic acid groups (broad SMARTS) is 2. The van der Waals surface area contributed by atoms with Crippen molar-refractivity contribution in [1.82, 2.24) is 14.8 Å². The van der Waals surface area contributed by atoms with Crippen molar-refractivity contribution in [3.05, 3.63) is 29.6 Å². The summed E-state index contributed by atoms with van der Waals surface area (Å²) >= 11 is 0. The molecular weight excluding hydrogens is 552 g/mol. The Labute approximate surface area is 227 Å². The predicted octanol–water partition coefficient (Wildman–Crippen LogP) is 4.01. The highest BCUT2D eigenvalue weighted by Gasteiger charge is 2.45. The number of aliphatic carboxylic acids is 2. The number of likely N-dealkylation sites (tertiary alicyclic amines) is 2. The van der Waals surface area contributed by atoms with Gasteiger partial charge in [0.15, 0.2) is 0 Å². The van der Waals surface area contributed by atoms with Crippen molar-refractivity contribution in [3.63, 3.8) is 0 Å². The number of hydrogen-bond donors (Lipinski definition) is 2. The highest BCUT2D eigenvalue weighted by molar-refractivity contribution is 5.92. The first kappa shape index (κ1) is 33.3. The Hall–Kier alpha value is -2.94. The molecule has 1 spiro atoms. The van der Waals surface area contributed by atoms with Gasteiger partial charge in [0.2, 0.25) is 0 Å². The summed E-state index contributed by atoms with van der Waals surface area (Å²) in [7, 11) is 2.23. The third-order valence-electron chi connectivity index (χ3n) is 6.94. The molecule has 1 saturated carbocycles. The van der Waals surface area contributed by atoms with Crippen molar-refractivity contribution < 1.29 is 55.7 Å². The Bertz CT molecular complexity index is 999. The lowest BCUT2D eigenvalue weighted by Crippen LogP contribution is -2.44. The second kappa shape index (κ2) is 13.6. The number of nitrogens with zero attached hydrogens (tertiary/aromatic N) is 3. The lowest BCUT2D eigenvalue weighted by atomic mass is 9.76. The van der Waals surface area contributed by atoms with Crippen molar-refractivity contribution >= 4 is 17.8 Å². The number of hydrogen-bond acceptors (Lipinski definition) is 6. The molecule has 1 amide bonds. The zero-order valence-electron chi connectivity index (χ0n) is 22.1. The number of aryl methyl sites for hydroxylation is 1. The largest absolute Gasteiger partial charge is 0.490 e. The highest BCUT2D eigenvalue weighted by Crippen LogP contribution is 2.43. The molecule has 40 heavy (non-hydrogen) atoms. The van der Waals surface area contributed by atoms with E-state index in [1.165, 1.54) is 19.3 Å². The van der Waals surface area contributed by atoms with Crippen LogP contribution in [0.2, 0.25) is 0 Å². The molecule has 2 N–H and O–H groups in total. The van der Waals surface area contributed by atoms with Crippen LogP contribution in [0.5, 0.6) is 0 Å². The molecule has 1 aromatic heterocycles. The summed E-state index contributed by atoms with van der Waals surface area (Å²) in [4.78, 5) is 39.4. The van der Waals surface area contributed by atoms with Crippen molar-refractivity contribution in [1.29, 1.82) is 0 Å². The summed E-state index contributed by atoms with van der Waals surface area (Å²) < 4.78 is 69.4. The molecule has 2 saturated heterocycles. The van der Waals surface area contributed by atoms with E-state index in [9.17, 15) is 31.1 Å². The number of amides is 1. The van der Waals surface area contributed by atoms with E-state index >= 15 is 0 Å². The van der Waals surface area contributed by atoms with Crippen LogP contribution in [-0.2, 0) is 14.3 Å². The fourth-order valence-electron chi connectivity index (χ4n) is 4.59. The number of carbonyl (C=O) groups excluding carboxylic acids is 1. The minimum atomic E-state index is -5.08. The number of likely N-dealkylation sites (N-methyl/N-ethyl adjacent to an activating group) is 1. The Morgan fingerprint density at radius 1 is 1.00 bits per heavy atom. The number of halogens is 6. The number of rotatable bonds is 5. The summed E-state index contributed by atoms with van der Waals surface area (Å²) in [6, 6.07) is 6.21. The minimum absolute atomic E-state index is 0.0826. The lowest BCUT2D eigenvalue weighted by Gasteiger charge is -2.39. The number of aromatic nitrogens is 1. The minimum Gasteiger partial charge on any atom is -0.475 e. The van der Waals surface area contributed by atoms with Gasteiger partial charge in [0, 0.05) is 38.0 Å². The highest BCUT2D eigenvalue weighted by atomic mass is 19.4. The molecular formula is C25H33F6N3O6. The number of piperidine rings is 1. The molecule has 226 valence electrons. The number of carboxylic acids is 2. The van der Waals surface area contributed by atoms with Crippen molar-refractivity contribution in [2.24, 2.45) is 11.3 Å². The average molecular weight is 586 g/mol. The molecule has 3 fully saturated rings. The van der Waals surface area contributed by atoms with Crippen molar-refractivity contribution in [3.8, 4) is 0 Å². The average Bonchev–Trinajstić information content (AvgIpc) is 3.62. The van der Waals surface area contributed by atoms with E-state index in [4.69, 9.17) is 24.5 Å². The topological polar surface area (TPSA) is 120 Å². The van der Waals surface area contributed by atoms with Crippen molar-refractivity contribution in [2.75, 3.05) is 39.9 Å². The molecule has 1 atom stereocenters. The van der Waals surface area contributed by atoms with Gasteiger partial charge >= 0.3 is 24.3 Å². The maximum atomic E-state index is 12.7. The van der Waals surface area contributed by atoms with E-state index in [-0.39, 0.29) is 5.91 Å². The van der Waals surface area contributed by atoms with Crippen LogP contribution in [0.1, 0.15) is 48.3 Å². The second-order valence-electron chi connectivity index (χ2n) is 10.3. The van der Waals surface area contributed by atoms with Crippen LogP contribution in [-0.4, -0.2) is 101 Å². The van der Waals surface area contributed by atoms with Crippen LogP contribution in [0.15, 0.2) is 18.2 Å². The Morgan fingerprint density at radius 2 is 1.52 bits per heavy atom. The standard InChI is InChI=1S/C21H31N3O2.2C2HF3O2/c1-16-4-3-5-19(22-16)20(25)24-10-8-21(9-11-24)12-18(23(2)15-21)14-26-13-17-6-7-17;2*3-2(4,5)1(6)7/h3-5,17-18H,6-15H2,1-2H3;2*(H,6,7). The fourth-order valence-corrected chi connectivity index (χ4v) is 4.59. The summed E-state index contributed by atoms with van der Waals surface area (Å²) in [5.74, 6) is -4.60. The van der Waals surface area contributed by atoms with E-state index < -0.39 is 24.3 Å². The maximum absolute atomic E-state index is 12.7. The molecule has 1 aliphatic carbocycles. The molecule has 1 aromatic rings. The van der Waals surface area contributed by atoms with Gasteiger partial charge in [-0.25, -0.2) is 14.6 Å². The molecule has 3 aliphatic rings. The number of carbonyl (C=O) groups is 3. The molecule has 0 radical (unpaired) electrons. The number of alkyl halides is 6. The number of pyridine rings is 1. The number of ether oxygens (including phenoxy) is 1. The van der Waals surface area contributed by atoms with E-state index in [2.05, 4.69) is 16.9 Å². The zero-order chi connectivity index (χ0) is 30.3. The lowest BCUT2D eigenvalue weighted by molar-refractivity contribution is -0.193. The van der Waals surface area contributed by atoms with Gasteiger partial charge in [-0.05, 0) is 69.5 Å². The van der Waals surface area contributed by atoms with Gasteiger partial charge in [-0.2, -0.15) is 26.3 Å². The maximum Gasteiger partial charge on any atom is 0.490 e. The van der Waals surface area contributed by atoms with Gasteiger partial charge in [-0.3, -0.25) is 4.79 Å². The first-order valence-corrected chi connectivity index (χ1v) is 12.5. The fraction of sp³-hybridized carbons (Fsp3) is 0.680. The van der Waals surface area contributed by atoms with Gasteiger partial charge < -0.3 is 24.7 Å². The Balaban J connectivity index is 0.000000333. The van der Waals surface area contributed by atoms with Crippen LogP contribution in [0.4, 0.5) is 26.3 Å². The second-order valence-corrected chi connectivity index (χ2v) is 10.3. The van der Waals surface area contributed by atoms with Crippen LogP contribution in [0, 0.1) is 18.3 Å². The molecule has 2 aliphatic heterocycles. The summed E-state index contributed by atoms with van der Waals surface area (Å²) in [5.41, 5.74) is 1.84. The quantitative estimate of drug-likeness (QED) is 0.498. The molecule has 15 heteroatoms.